The van der Waals surface area contributed by atoms with Crippen LogP contribution in [0.1, 0.15) is 40.8 Å². The van der Waals surface area contributed by atoms with Gasteiger partial charge in [-0.25, -0.2) is 4.98 Å². The van der Waals surface area contributed by atoms with E-state index < -0.39 is 0 Å². The zero-order chi connectivity index (χ0) is 18.9. The summed E-state index contributed by atoms with van der Waals surface area (Å²) in [5.74, 6) is 1.86. The number of nitrogens with zero attached hydrogens (tertiary/aromatic N) is 1. The number of hydrogen-bond acceptors (Lipinski definition) is 5. The normalized spacial score (nSPS) is 13.6. The van der Waals surface area contributed by atoms with E-state index in [4.69, 9.17) is 13.6 Å². The topological polar surface area (TPSA) is 77.5 Å². The number of carbonyl (C=O) groups is 1. The molecule has 6 nitrogen and oxygen atoms in total. The largest absolute Gasteiger partial charge is 0.489 e. The number of ether oxygens (including phenoxy) is 1. The Morgan fingerprint density at radius 2 is 2.00 bits per heavy atom. The van der Waals surface area contributed by atoms with E-state index in [2.05, 4.69) is 10.3 Å². The molecule has 5 rings (SSSR count). The zero-order valence-electron chi connectivity index (χ0n) is 15.1. The number of rotatable bonds is 6. The maximum Gasteiger partial charge on any atom is 0.291 e. The van der Waals surface area contributed by atoms with Crippen molar-refractivity contribution in [3.8, 4) is 5.75 Å². The molecule has 0 radical (unpaired) electrons. The highest BCUT2D eigenvalue weighted by molar-refractivity contribution is 6.03. The molecule has 1 saturated carbocycles. The van der Waals surface area contributed by atoms with Crippen LogP contribution in [0.3, 0.4) is 0 Å². The summed E-state index contributed by atoms with van der Waals surface area (Å²) in [6, 6.07) is 16.6. The van der Waals surface area contributed by atoms with E-state index in [1.807, 2.05) is 42.5 Å². The summed E-state index contributed by atoms with van der Waals surface area (Å²) >= 11 is 0. The number of furan rings is 1. The van der Waals surface area contributed by atoms with Gasteiger partial charge in [0.1, 0.15) is 17.9 Å². The van der Waals surface area contributed by atoms with Gasteiger partial charge in [-0.15, -0.1) is 0 Å². The van der Waals surface area contributed by atoms with E-state index in [1.54, 1.807) is 12.1 Å². The van der Waals surface area contributed by atoms with Crippen molar-refractivity contribution in [1.29, 1.82) is 0 Å². The molecule has 0 unspecified atom stereocenters. The number of anilines is 1. The van der Waals surface area contributed by atoms with Crippen molar-refractivity contribution in [3.63, 3.8) is 0 Å². The van der Waals surface area contributed by atoms with Crippen molar-refractivity contribution in [3.05, 3.63) is 78.1 Å². The molecule has 1 amide bonds. The maximum absolute atomic E-state index is 12.7. The van der Waals surface area contributed by atoms with Gasteiger partial charge in [0, 0.05) is 17.2 Å². The smallest absolute Gasteiger partial charge is 0.291 e. The van der Waals surface area contributed by atoms with Crippen molar-refractivity contribution < 1.29 is 18.4 Å². The Bertz CT molecular complexity index is 1130. The molecular formula is C22H18N2O4. The Hall–Kier alpha value is -3.54. The van der Waals surface area contributed by atoms with Crippen LogP contribution < -0.4 is 10.1 Å². The van der Waals surface area contributed by atoms with Crippen molar-refractivity contribution in [2.75, 3.05) is 5.32 Å². The summed E-state index contributed by atoms with van der Waals surface area (Å²) in [5, 5.41) is 2.86. The van der Waals surface area contributed by atoms with Gasteiger partial charge in [0.15, 0.2) is 17.2 Å². The van der Waals surface area contributed by atoms with E-state index in [0.29, 0.717) is 17.2 Å². The number of benzene rings is 2. The van der Waals surface area contributed by atoms with Crippen LogP contribution in [0.5, 0.6) is 5.75 Å². The number of amides is 1. The molecule has 0 saturated heterocycles. The molecule has 1 aliphatic carbocycles. The van der Waals surface area contributed by atoms with Gasteiger partial charge >= 0.3 is 0 Å². The second-order valence-electron chi connectivity index (χ2n) is 6.84. The van der Waals surface area contributed by atoms with Crippen molar-refractivity contribution >= 4 is 22.7 Å². The molecule has 1 N–H and O–H groups in total. The summed E-state index contributed by atoms with van der Waals surface area (Å²) < 4.78 is 16.9. The molecule has 28 heavy (non-hydrogen) atoms. The number of aromatic nitrogens is 1. The molecule has 4 aromatic rings. The van der Waals surface area contributed by atoms with Gasteiger partial charge in [-0.2, -0.15) is 0 Å². The second kappa shape index (κ2) is 6.88. The fourth-order valence-electron chi connectivity index (χ4n) is 3.04. The molecule has 0 aliphatic heterocycles. The summed E-state index contributed by atoms with van der Waals surface area (Å²) in [6.45, 7) is 0.246. The lowest BCUT2D eigenvalue weighted by Crippen LogP contribution is -2.13. The van der Waals surface area contributed by atoms with Crippen molar-refractivity contribution in [1.82, 2.24) is 4.98 Å². The predicted octanol–water partition coefficient (Wildman–Crippen LogP) is 5.13. The number of oxazole rings is 1. The average molecular weight is 374 g/mol. The molecule has 0 atom stereocenters. The number of nitrogens with one attached hydrogen (secondary N) is 1. The average Bonchev–Trinajstić information content (AvgIpc) is 3.31. The first kappa shape index (κ1) is 16.6. The van der Waals surface area contributed by atoms with E-state index in [0.717, 1.165) is 35.6 Å². The number of para-hydroxylation sites is 1. The lowest BCUT2D eigenvalue weighted by atomic mass is 10.2. The van der Waals surface area contributed by atoms with Gasteiger partial charge in [-0.3, -0.25) is 4.79 Å². The highest BCUT2D eigenvalue weighted by atomic mass is 16.5. The van der Waals surface area contributed by atoms with Crippen LogP contribution in [0, 0.1) is 0 Å². The third kappa shape index (κ3) is 3.36. The van der Waals surface area contributed by atoms with Gasteiger partial charge in [0.25, 0.3) is 5.91 Å². The third-order valence-electron chi connectivity index (χ3n) is 4.68. The number of hydrogen-bond donors (Lipinski definition) is 1. The van der Waals surface area contributed by atoms with E-state index in [-0.39, 0.29) is 18.3 Å². The lowest BCUT2D eigenvalue weighted by molar-refractivity contribution is 0.0993. The first-order valence-corrected chi connectivity index (χ1v) is 9.22. The lowest BCUT2D eigenvalue weighted by Gasteiger charge is -2.07. The quantitative estimate of drug-likeness (QED) is 0.506. The monoisotopic (exact) mass is 374 g/mol. The van der Waals surface area contributed by atoms with E-state index >= 15 is 0 Å². The Morgan fingerprint density at radius 1 is 1.14 bits per heavy atom. The van der Waals surface area contributed by atoms with Crippen LogP contribution in [-0.4, -0.2) is 10.9 Å². The molecule has 2 aromatic carbocycles. The highest BCUT2D eigenvalue weighted by Gasteiger charge is 2.29. The fraction of sp³-hybridized carbons (Fsp3) is 0.182. The molecule has 6 heteroatoms. The molecule has 140 valence electrons. The van der Waals surface area contributed by atoms with E-state index in [1.165, 1.54) is 6.26 Å². The van der Waals surface area contributed by atoms with Crippen LogP contribution >= 0.6 is 0 Å². The molecule has 1 fully saturated rings. The Balaban J connectivity index is 1.30. The minimum absolute atomic E-state index is 0.231. The molecule has 2 heterocycles. The number of carbonyl (C=O) groups excluding carboxylic acids is 1. The van der Waals surface area contributed by atoms with Crippen LogP contribution in [0.2, 0.25) is 0 Å². The Kier molecular flexibility index (Phi) is 4.09. The minimum atomic E-state index is -0.332. The van der Waals surface area contributed by atoms with Crippen LogP contribution in [0.25, 0.3) is 11.1 Å². The van der Waals surface area contributed by atoms with Crippen LogP contribution in [-0.2, 0) is 6.61 Å². The maximum atomic E-state index is 12.7. The third-order valence-corrected chi connectivity index (χ3v) is 4.68. The minimum Gasteiger partial charge on any atom is -0.489 e. The van der Waals surface area contributed by atoms with Gasteiger partial charge < -0.3 is 18.9 Å². The molecule has 1 aliphatic rings. The van der Waals surface area contributed by atoms with Gasteiger partial charge in [0.2, 0.25) is 0 Å². The summed E-state index contributed by atoms with van der Waals surface area (Å²) in [5.41, 5.74) is 2.79. The van der Waals surface area contributed by atoms with Crippen molar-refractivity contribution in [2.24, 2.45) is 0 Å². The SMILES string of the molecule is O=C(Nc1ccc2oc(C3CC3)nc2c1)c1occc1COc1ccccc1. The first-order valence-electron chi connectivity index (χ1n) is 9.22. The van der Waals surface area contributed by atoms with Crippen LogP contribution in [0.15, 0.2) is 69.7 Å². The van der Waals surface area contributed by atoms with Crippen molar-refractivity contribution in [2.45, 2.75) is 25.4 Å². The molecule has 0 spiro atoms. The van der Waals surface area contributed by atoms with Gasteiger partial charge in [-0.1, -0.05) is 18.2 Å². The first-order chi connectivity index (χ1) is 13.8. The van der Waals surface area contributed by atoms with Gasteiger partial charge in [-0.05, 0) is 49.2 Å². The molecule has 0 bridgehead atoms. The zero-order valence-corrected chi connectivity index (χ0v) is 15.1. The predicted molar refractivity (Wildman–Crippen MR) is 103 cm³/mol. The Morgan fingerprint density at radius 3 is 2.82 bits per heavy atom. The number of fused-ring (bicyclic) bond motifs is 1. The highest BCUT2D eigenvalue weighted by Crippen LogP contribution is 2.40. The molecule has 2 aromatic heterocycles. The Labute approximate surface area is 161 Å². The van der Waals surface area contributed by atoms with E-state index in [9.17, 15) is 4.79 Å². The fourth-order valence-corrected chi connectivity index (χ4v) is 3.04. The van der Waals surface area contributed by atoms with Crippen LogP contribution in [0.4, 0.5) is 5.69 Å². The summed E-state index contributed by atoms with van der Waals surface area (Å²) in [4.78, 5) is 17.2. The second-order valence-corrected chi connectivity index (χ2v) is 6.84. The summed E-state index contributed by atoms with van der Waals surface area (Å²) in [7, 11) is 0. The molecular weight excluding hydrogens is 356 g/mol. The van der Waals surface area contributed by atoms with Gasteiger partial charge in [0.05, 0.1) is 6.26 Å². The standard InChI is InChI=1S/C22H18N2O4/c25-21(20-15(10-11-26-20)13-27-17-4-2-1-3-5-17)23-16-8-9-19-18(12-16)24-22(28-19)14-6-7-14/h1-5,8-12,14H,6-7,13H2,(H,23,25). The summed E-state index contributed by atoms with van der Waals surface area (Å²) in [6.07, 6.45) is 3.74.